The smallest absolute Gasteiger partial charge is 0.331 e. The molecule has 1 aromatic heterocycles. The van der Waals surface area contributed by atoms with Crippen LogP contribution in [0.2, 0.25) is 0 Å². The summed E-state index contributed by atoms with van der Waals surface area (Å²) in [6.07, 6.45) is 2.79. The van der Waals surface area contributed by atoms with Gasteiger partial charge in [0, 0.05) is 17.8 Å². The average molecular weight is 428 g/mol. The van der Waals surface area contributed by atoms with E-state index in [2.05, 4.69) is 9.88 Å². The minimum atomic E-state index is -3.74. The highest BCUT2D eigenvalue weighted by atomic mass is 32.2. The minimum Gasteiger partial charge on any atom is -0.497 e. The van der Waals surface area contributed by atoms with Crippen LogP contribution in [0.1, 0.15) is 17.0 Å². The lowest BCUT2D eigenvalue weighted by molar-refractivity contribution is -0.139. The van der Waals surface area contributed by atoms with Gasteiger partial charge in [0.2, 0.25) is 0 Å². The molecule has 9 heteroatoms. The summed E-state index contributed by atoms with van der Waals surface area (Å²) in [7, 11) is -2.21. The second kappa shape index (κ2) is 9.27. The number of nitrogens with zero attached hydrogens (tertiary/aromatic N) is 1. The molecule has 0 fully saturated rings. The molecule has 2 aromatic carbocycles. The van der Waals surface area contributed by atoms with E-state index in [0.29, 0.717) is 28.5 Å². The Morgan fingerprint density at radius 2 is 1.83 bits per heavy atom. The summed E-state index contributed by atoms with van der Waals surface area (Å²) in [5.74, 6) is 0.713. The third-order valence-electron chi connectivity index (χ3n) is 3.98. The van der Waals surface area contributed by atoms with E-state index in [0.717, 1.165) is 0 Å². The van der Waals surface area contributed by atoms with E-state index < -0.39 is 16.0 Å². The Balaban J connectivity index is 1.58. The lowest BCUT2D eigenvalue weighted by Gasteiger charge is -2.09. The first kappa shape index (κ1) is 21.1. The van der Waals surface area contributed by atoms with E-state index in [1.807, 2.05) is 0 Å². The van der Waals surface area contributed by atoms with Crippen LogP contribution in [-0.2, 0) is 26.2 Å². The fourth-order valence-electron chi connectivity index (χ4n) is 2.47. The predicted octanol–water partition coefficient (Wildman–Crippen LogP) is 3.55. The SMILES string of the molecule is COc1ccc(NS(=O)(=O)c2ccc(/C=C/C(=O)OCc3cc(C)on3)cc2)cc1. The molecule has 8 nitrogen and oxygen atoms in total. The van der Waals surface area contributed by atoms with Crippen molar-refractivity contribution in [2.75, 3.05) is 11.8 Å². The second-order valence-corrected chi connectivity index (χ2v) is 7.96. The van der Waals surface area contributed by atoms with Crippen LogP contribution in [0.4, 0.5) is 5.69 Å². The first-order chi connectivity index (χ1) is 14.4. The van der Waals surface area contributed by atoms with E-state index >= 15 is 0 Å². The lowest BCUT2D eigenvalue weighted by Crippen LogP contribution is -2.12. The summed E-state index contributed by atoms with van der Waals surface area (Å²) in [6, 6.07) is 14.3. The van der Waals surface area contributed by atoms with E-state index in [-0.39, 0.29) is 11.5 Å². The van der Waals surface area contributed by atoms with E-state index in [1.165, 1.54) is 31.4 Å². The number of aromatic nitrogens is 1. The van der Waals surface area contributed by atoms with Crippen LogP contribution in [0, 0.1) is 6.92 Å². The Labute approximate surface area is 174 Å². The van der Waals surface area contributed by atoms with Gasteiger partial charge in [-0.2, -0.15) is 0 Å². The van der Waals surface area contributed by atoms with Crippen LogP contribution in [0.25, 0.3) is 6.08 Å². The van der Waals surface area contributed by atoms with Gasteiger partial charge < -0.3 is 14.0 Å². The molecule has 0 bridgehead atoms. The molecule has 0 saturated carbocycles. The van der Waals surface area contributed by atoms with Gasteiger partial charge in [0.15, 0.2) is 0 Å². The van der Waals surface area contributed by atoms with Crippen LogP contribution in [-0.4, -0.2) is 26.7 Å². The van der Waals surface area contributed by atoms with Crippen molar-refractivity contribution in [3.63, 3.8) is 0 Å². The highest BCUT2D eigenvalue weighted by molar-refractivity contribution is 7.92. The van der Waals surface area contributed by atoms with Crippen molar-refractivity contribution in [2.45, 2.75) is 18.4 Å². The summed E-state index contributed by atoms with van der Waals surface area (Å²) in [6.45, 7) is 1.75. The number of sulfonamides is 1. The highest BCUT2D eigenvalue weighted by Crippen LogP contribution is 2.20. The van der Waals surface area contributed by atoms with Crippen molar-refractivity contribution in [3.8, 4) is 5.75 Å². The van der Waals surface area contributed by atoms with Crippen LogP contribution >= 0.6 is 0 Å². The van der Waals surface area contributed by atoms with Crippen molar-refractivity contribution in [3.05, 3.63) is 77.7 Å². The number of methoxy groups -OCH3 is 1. The summed E-state index contributed by atoms with van der Waals surface area (Å²) in [4.78, 5) is 11.9. The Bertz CT molecular complexity index is 1130. The molecule has 3 aromatic rings. The molecule has 1 heterocycles. The molecule has 0 saturated heterocycles. The molecule has 30 heavy (non-hydrogen) atoms. The molecule has 0 aliphatic rings. The maximum Gasteiger partial charge on any atom is 0.331 e. The molecule has 3 rings (SSSR count). The number of ether oxygens (including phenoxy) is 2. The molecule has 0 aliphatic heterocycles. The molecular weight excluding hydrogens is 408 g/mol. The quantitative estimate of drug-likeness (QED) is 0.432. The van der Waals surface area contributed by atoms with Gasteiger partial charge in [-0.3, -0.25) is 4.72 Å². The number of rotatable bonds is 8. The maximum atomic E-state index is 12.5. The van der Waals surface area contributed by atoms with Crippen molar-refractivity contribution in [1.29, 1.82) is 0 Å². The number of hydrogen-bond acceptors (Lipinski definition) is 7. The van der Waals surface area contributed by atoms with Gasteiger partial charge in [0.25, 0.3) is 10.0 Å². The van der Waals surface area contributed by atoms with Crippen molar-refractivity contribution >= 4 is 27.8 Å². The standard InChI is InChI=1S/C21H20N2O6S/c1-15-13-18(22-29-15)14-28-21(24)12-5-16-3-10-20(11-4-16)30(25,26)23-17-6-8-19(27-2)9-7-17/h3-13,23H,14H2,1-2H3/b12-5+. The van der Waals surface area contributed by atoms with Gasteiger partial charge in [-0.1, -0.05) is 17.3 Å². The number of nitrogens with one attached hydrogen (secondary N) is 1. The molecule has 0 amide bonds. The molecule has 0 radical (unpaired) electrons. The van der Waals surface area contributed by atoms with Gasteiger partial charge in [0.05, 0.1) is 12.0 Å². The van der Waals surface area contributed by atoms with Gasteiger partial charge >= 0.3 is 5.97 Å². The zero-order valence-electron chi connectivity index (χ0n) is 16.4. The van der Waals surface area contributed by atoms with Crippen molar-refractivity contribution in [1.82, 2.24) is 5.16 Å². The van der Waals surface area contributed by atoms with Gasteiger partial charge in [-0.05, 0) is 55.0 Å². The van der Waals surface area contributed by atoms with E-state index in [4.69, 9.17) is 14.0 Å². The second-order valence-electron chi connectivity index (χ2n) is 6.27. The van der Waals surface area contributed by atoms with Gasteiger partial charge in [0.1, 0.15) is 23.8 Å². The summed E-state index contributed by atoms with van der Waals surface area (Å²) in [5.41, 5.74) is 1.59. The lowest BCUT2D eigenvalue weighted by atomic mass is 10.2. The minimum absolute atomic E-state index is 0.00866. The van der Waals surface area contributed by atoms with Gasteiger partial charge in [-0.25, -0.2) is 13.2 Å². The Hall–Kier alpha value is -3.59. The Morgan fingerprint density at radius 3 is 2.43 bits per heavy atom. The average Bonchev–Trinajstić information content (AvgIpc) is 3.16. The first-order valence-electron chi connectivity index (χ1n) is 8.90. The summed E-state index contributed by atoms with van der Waals surface area (Å²) < 4.78 is 42.5. The van der Waals surface area contributed by atoms with E-state index in [9.17, 15) is 13.2 Å². The predicted molar refractivity (Wildman–Crippen MR) is 110 cm³/mol. The molecule has 0 aliphatic carbocycles. The number of carbonyl (C=O) groups excluding carboxylic acids is 1. The highest BCUT2D eigenvalue weighted by Gasteiger charge is 2.14. The Morgan fingerprint density at radius 1 is 1.13 bits per heavy atom. The van der Waals surface area contributed by atoms with Crippen molar-refractivity contribution < 1.29 is 27.2 Å². The maximum absolute atomic E-state index is 12.5. The molecular formula is C21H20N2O6S. The number of carbonyl (C=O) groups is 1. The first-order valence-corrected chi connectivity index (χ1v) is 10.4. The molecule has 1 N–H and O–H groups in total. The molecule has 0 atom stereocenters. The van der Waals surface area contributed by atoms with Crippen molar-refractivity contribution in [2.24, 2.45) is 0 Å². The number of aryl methyl sites for hydroxylation is 1. The third-order valence-corrected chi connectivity index (χ3v) is 5.38. The number of benzene rings is 2. The van der Waals surface area contributed by atoms with Crippen LogP contribution in [0.3, 0.4) is 0 Å². The molecule has 156 valence electrons. The van der Waals surface area contributed by atoms with Crippen LogP contribution in [0.5, 0.6) is 5.75 Å². The van der Waals surface area contributed by atoms with Gasteiger partial charge in [-0.15, -0.1) is 0 Å². The molecule has 0 unspecified atom stereocenters. The molecule has 0 spiro atoms. The number of hydrogen-bond donors (Lipinski definition) is 1. The summed E-state index contributed by atoms with van der Waals surface area (Å²) >= 11 is 0. The van der Waals surface area contributed by atoms with Crippen LogP contribution < -0.4 is 9.46 Å². The number of anilines is 1. The third kappa shape index (κ3) is 5.71. The van der Waals surface area contributed by atoms with Crippen LogP contribution in [0.15, 0.2) is 70.1 Å². The zero-order chi connectivity index (χ0) is 21.6. The topological polar surface area (TPSA) is 108 Å². The van der Waals surface area contributed by atoms with E-state index in [1.54, 1.807) is 49.4 Å². The fraction of sp³-hybridized carbons (Fsp3) is 0.143. The normalized spacial score (nSPS) is 11.4. The monoisotopic (exact) mass is 428 g/mol. The summed E-state index contributed by atoms with van der Waals surface area (Å²) in [5, 5.41) is 3.73. The largest absolute Gasteiger partial charge is 0.497 e. The Kier molecular flexibility index (Phi) is 6.53. The zero-order valence-corrected chi connectivity index (χ0v) is 17.2. The fourth-order valence-corrected chi connectivity index (χ4v) is 3.53. The number of esters is 1.